The lowest BCUT2D eigenvalue weighted by Crippen LogP contribution is -2.31. The van der Waals surface area contributed by atoms with Crippen LogP contribution in [0.1, 0.15) is 50.5 Å². The number of esters is 1. The number of Topliss-reactive ketones (excluding diaryl/α,β-unsaturated/α-hetero) is 1. The molecule has 154 valence electrons. The molecule has 0 saturated heterocycles. The van der Waals surface area contributed by atoms with Crippen LogP contribution in [-0.2, 0) is 19.7 Å². The number of nitrogens with one attached hydrogen (secondary N) is 1. The minimum absolute atomic E-state index is 0.0344. The van der Waals surface area contributed by atoms with Gasteiger partial charge in [-0.1, -0.05) is 32.9 Å². The normalized spacial score (nSPS) is 12.0. The van der Waals surface area contributed by atoms with Crippen LogP contribution in [0.5, 0.6) is 5.75 Å². The van der Waals surface area contributed by atoms with Gasteiger partial charge in [-0.3, -0.25) is 9.59 Å². The molecule has 29 heavy (non-hydrogen) atoms. The lowest BCUT2D eigenvalue weighted by atomic mass is 9.87. The predicted octanol–water partition coefficient (Wildman–Crippen LogP) is 4.14. The minimum atomic E-state index is -0.984. The number of carbonyl (C=O) groups excluding carboxylic acids is 3. The Morgan fingerprint density at radius 3 is 2.07 bits per heavy atom. The van der Waals surface area contributed by atoms with Crippen LogP contribution in [0.2, 0.25) is 0 Å². The first-order valence-electron chi connectivity index (χ1n) is 9.41. The molecular formula is C23H27NO5. The maximum Gasteiger partial charge on any atom is 0.344 e. The standard InChI is InChI=1S/C23H27NO5/c1-15(25)17-6-10-19(11-7-17)24-22(27)16(2)29-21(26)14-28-20-12-8-18(9-13-20)23(3,4)5/h6-13,16H,14H2,1-5H3,(H,24,27). The molecule has 0 bridgehead atoms. The summed E-state index contributed by atoms with van der Waals surface area (Å²) in [6, 6.07) is 14.0. The van der Waals surface area contributed by atoms with E-state index in [0.29, 0.717) is 17.0 Å². The lowest BCUT2D eigenvalue weighted by molar-refractivity contribution is -0.155. The highest BCUT2D eigenvalue weighted by Crippen LogP contribution is 2.24. The summed E-state index contributed by atoms with van der Waals surface area (Å²) < 4.78 is 10.5. The van der Waals surface area contributed by atoms with E-state index in [1.807, 2.05) is 12.1 Å². The Kier molecular flexibility index (Phi) is 7.15. The van der Waals surface area contributed by atoms with Crippen LogP contribution in [0.25, 0.3) is 0 Å². The van der Waals surface area contributed by atoms with Crippen LogP contribution in [-0.4, -0.2) is 30.4 Å². The monoisotopic (exact) mass is 397 g/mol. The molecule has 6 nitrogen and oxygen atoms in total. The van der Waals surface area contributed by atoms with Crippen molar-refractivity contribution in [3.8, 4) is 5.75 Å². The zero-order valence-corrected chi connectivity index (χ0v) is 17.4. The first-order valence-corrected chi connectivity index (χ1v) is 9.41. The smallest absolute Gasteiger partial charge is 0.344 e. The van der Waals surface area contributed by atoms with Crippen molar-refractivity contribution < 1.29 is 23.9 Å². The summed E-state index contributed by atoms with van der Waals surface area (Å²) >= 11 is 0. The summed E-state index contributed by atoms with van der Waals surface area (Å²) in [6.45, 7) is 9.00. The van der Waals surface area contributed by atoms with E-state index in [4.69, 9.17) is 9.47 Å². The van der Waals surface area contributed by atoms with Gasteiger partial charge in [0.15, 0.2) is 18.5 Å². The number of anilines is 1. The molecule has 0 heterocycles. The summed E-state index contributed by atoms with van der Waals surface area (Å²) in [6.07, 6.45) is -0.984. The topological polar surface area (TPSA) is 81.7 Å². The molecule has 2 aromatic rings. The van der Waals surface area contributed by atoms with Gasteiger partial charge < -0.3 is 14.8 Å². The number of benzene rings is 2. The number of hydrogen-bond acceptors (Lipinski definition) is 5. The van der Waals surface area contributed by atoms with E-state index < -0.39 is 18.0 Å². The molecule has 0 radical (unpaired) electrons. The van der Waals surface area contributed by atoms with Crippen LogP contribution in [0.3, 0.4) is 0 Å². The van der Waals surface area contributed by atoms with Crippen LogP contribution < -0.4 is 10.1 Å². The maximum atomic E-state index is 12.2. The fourth-order valence-corrected chi connectivity index (χ4v) is 2.51. The van der Waals surface area contributed by atoms with Crippen LogP contribution in [0.15, 0.2) is 48.5 Å². The molecule has 1 amide bonds. The minimum Gasteiger partial charge on any atom is -0.482 e. The fourth-order valence-electron chi connectivity index (χ4n) is 2.51. The predicted molar refractivity (Wildman–Crippen MR) is 111 cm³/mol. The molecule has 0 aromatic heterocycles. The average Bonchev–Trinajstić information content (AvgIpc) is 2.66. The van der Waals surface area contributed by atoms with Gasteiger partial charge in [0.05, 0.1) is 0 Å². The van der Waals surface area contributed by atoms with Crippen molar-refractivity contribution in [1.29, 1.82) is 0 Å². The van der Waals surface area contributed by atoms with Gasteiger partial charge in [0.2, 0.25) is 0 Å². The van der Waals surface area contributed by atoms with E-state index in [2.05, 4.69) is 26.1 Å². The quantitative estimate of drug-likeness (QED) is 0.561. The molecule has 0 fully saturated rings. The van der Waals surface area contributed by atoms with Crippen molar-refractivity contribution in [3.63, 3.8) is 0 Å². The van der Waals surface area contributed by atoms with Gasteiger partial charge in [-0.15, -0.1) is 0 Å². The van der Waals surface area contributed by atoms with E-state index in [1.54, 1.807) is 36.4 Å². The molecular weight excluding hydrogens is 370 g/mol. The summed E-state index contributed by atoms with van der Waals surface area (Å²) in [5.41, 5.74) is 2.26. The molecule has 6 heteroatoms. The van der Waals surface area contributed by atoms with Crippen LogP contribution in [0.4, 0.5) is 5.69 Å². The second kappa shape index (κ2) is 9.37. The first-order chi connectivity index (χ1) is 13.6. The number of hydrogen-bond donors (Lipinski definition) is 1. The highest BCUT2D eigenvalue weighted by molar-refractivity contribution is 5.97. The Morgan fingerprint density at radius 2 is 1.55 bits per heavy atom. The number of amides is 1. The first kappa shape index (κ1) is 22.1. The van der Waals surface area contributed by atoms with Gasteiger partial charge in [-0.05, 0) is 61.2 Å². The Hall–Kier alpha value is -3.15. The summed E-state index contributed by atoms with van der Waals surface area (Å²) in [4.78, 5) is 35.4. The van der Waals surface area contributed by atoms with Crippen molar-refractivity contribution in [2.45, 2.75) is 46.1 Å². The van der Waals surface area contributed by atoms with E-state index in [1.165, 1.54) is 13.8 Å². The second-order valence-corrected chi connectivity index (χ2v) is 7.82. The number of ketones is 1. The zero-order chi connectivity index (χ0) is 21.6. The largest absolute Gasteiger partial charge is 0.482 e. The molecule has 0 aliphatic carbocycles. The SMILES string of the molecule is CC(=O)c1ccc(NC(=O)C(C)OC(=O)COc2ccc(C(C)(C)C)cc2)cc1. The molecule has 1 N–H and O–H groups in total. The maximum absolute atomic E-state index is 12.2. The van der Waals surface area contributed by atoms with Crippen LogP contribution >= 0.6 is 0 Å². The van der Waals surface area contributed by atoms with Gasteiger partial charge >= 0.3 is 5.97 Å². The Bertz CT molecular complexity index is 864. The second-order valence-electron chi connectivity index (χ2n) is 7.82. The van der Waals surface area contributed by atoms with E-state index in [-0.39, 0.29) is 17.8 Å². The Labute approximate surface area is 171 Å². The summed E-state index contributed by atoms with van der Waals surface area (Å²) in [5.74, 6) is -0.612. The highest BCUT2D eigenvalue weighted by atomic mass is 16.6. The Morgan fingerprint density at radius 1 is 0.966 bits per heavy atom. The highest BCUT2D eigenvalue weighted by Gasteiger charge is 2.19. The van der Waals surface area contributed by atoms with Gasteiger partial charge in [0, 0.05) is 11.3 Å². The van der Waals surface area contributed by atoms with Crippen molar-refractivity contribution in [3.05, 3.63) is 59.7 Å². The van der Waals surface area contributed by atoms with E-state index in [9.17, 15) is 14.4 Å². The third-order valence-electron chi connectivity index (χ3n) is 4.31. The molecule has 0 saturated carbocycles. The molecule has 0 aliphatic rings. The third kappa shape index (κ3) is 6.75. The fraction of sp³-hybridized carbons (Fsp3) is 0.348. The molecule has 2 rings (SSSR count). The zero-order valence-electron chi connectivity index (χ0n) is 17.4. The number of carbonyl (C=O) groups is 3. The Balaban J connectivity index is 1.81. The van der Waals surface area contributed by atoms with Crippen LogP contribution in [0, 0.1) is 0 Å². The molecule has 0 spiro atoms. The third-order valence-corrected chi connectivity index (χ3v) is 4.31. The van der Waals surface area contributed by atoms with Crippen molar-refractivity contribution >= 4 is 23.3 Å². The van der Waals surface area contributed by atoms with Gasteiger partial charge in [-0.2, -0.15) is 0 Å². The summed E-state index contributed by atoms with van der Waals surface area (Å²) in [7, 11) is 0. The molecule has 1 atom stereocenters. The lowest BCUT2D eigenvalue weighted by Gasteiger charge is -2.19. The summed E-state index contributed by atoms with van der Waals surface area (Å²) in [5, 5.41) is 2.64. The number of ether oxygens (including phenoxy) is 2. The molecule has 2 aromatic carbocycles. The van der Waals surface area contributed by atoms with Crippen molar-refractivity contribution in [1.82, 2.24) is 0 Å². The van der Waals surface area contributed by atoms with E-state index in [0.717, 1.165) is 5.56 Å². The molecule has 1 unspecified atom stereocenters. The van der Waals surface area contributed by atoms with Crippen molar-refractivity contribution in [2.24, 2.45) is 0 Å². The average molecular weight is 397 g/mol. The van der Waals surface area contributed by atoms with Gasteiger partial charge in [0.25, 0.3) is 5.91 Å². The van der Waals surface area contributed by atoms with Crippen molar-refractivity contribution in [2.75, 3.05) is 11.9 Å². The molecule has 0 aliphatic heterocycles. The van der Waals surface area contributed by atoms with Gasteiger partial charge in [0.1, 0.15) is 5.75 Å². The van der Waals surface area contributed by atoms with Gasteiger partial charge in [-0.25, -0.2) is 4.79 Å². The van der Waals surface area contributed by atoms with E-state index >= 15 is 0 Å². The number of rotatable bonds is 7.